The second-order valence-electron chi connectivity index (χ2n) is 9.67. The molecule has 2 aromatic rings. The molecular formula is C28H38N4O5. The van der Waals surface area contributed by atoms with Gasteiger partial charge in [-0.25, -0.2) is 0 Å². The largest absolute Gasteiger partial charge is 0.496 e. The van der Waals surface area contributed by atoms with Crippen molar-refractivity contribution in [1.29, 1.82) is 0 Å². The van der Waals surface area contributed by atoms with Crippen LogP contribution < -0.4 is 19.5 Å². The van der Waals surface area contributed by atoms with Crippen molar-refractivity contribution in [3.63, 3.8) is 0 Å². The monoisotopic (exact) mass is 510 g/mol. The number of amides is 2. The number of likely N-dealkylation sites (N-methyl/N-ethyl adjacent to an activating group) is 1. The van der Waals surface area contributed by atoms with Gasteiger partial charge in [-0.1, -0.05) is 18.2 Å². The van der Waals surface area contributed by atoms with Gasteiger partial charge in [0.05, 0.1) is 14.2 Å². The summed E-state index contributed by atoms with van der Waals surface area (Å²) in [4.78, 5) is 31.0. The number of carbonyl (C=O) groups is 2. The zero-order valence-corrected chi connectivity index (χ0v) is 22.1. The van der Waals surface area contributed by atoms with Crippen molar-refractivity contribution < 1.29 is 23.8 Å². The molecule has 0 spiro atoms. The second kappa shape index (κ2) is 12.8. The fourth-order valence-corrected chi connectivity index (χ4v) is 4.99. The third-order valence-corrected chi connectivity index (χ3v) is 6.95. The lowest BCUT2D eigenvalue weighted by molar-refractivity contribution is -0.119. The van der Waals surface area contributed by atoms with Crippen LogP contribution in [0.4, 0.5) is 0 Å². The highest BCUT2D eigenvalue weighted by Crippen LogP contribution is 2.30. The zero-order valence-electron chi connectivity index (χ0n) is 22.1. The Morgan fingerprint density at radius 2 is 1.76 bits per heavy atom. The lowest BCUT2D eigenvalue weighted by atomic mass is 10.1. The summed E-state index contributed by atoms with van der Waals surface area (Å²) in [5.41, 5.74) is 1.66. The highest BCUT2D eigenvalue weighted by molar-refractivity contribution is 5.99. The summed E-state index contributed by atoms with van der Waals surface area (Å²) in [7, 11) is 5.20. The number of nitrogens with zero attached hydrogens (tertiary/aromatic N) is 3. The average Bonchev–Trinajstić information content (AvgIpc) is 3.32. The predicted octanol–water partition coefficient (Wildman–Crippen LogP) is 2.25. The summed E-state index contributed by atoms with van der Waals surface area (Å²) < 4.78 is 16.9. The Hall–Kier alpha value is -3.30. The van der Waals surface area contributed by atoms with Gasteiger partial charge in [-0.2, -0.15) is 0 Å². The van der Waals surface area contributed by atoms with Gasteiger partial charge < -0.3 is 29.3 Å². The quantitative estimate of drug-likeness (QED) is 0.497. The van der Waals surface area contributed by atoms with Crippen molar-refractivity contribution in [2.24, 2.45) is 0 Å². The topological polar surface area (TPSA) is 83.6 Å². The van der Waals surface area contributed by atoms with Gasteiger partial charge in [-0.3, -0.25) is 14.5 Å². The molecule has 0 aromatic heterocycles. The maximum Gasteiger partial charge on any atom is 0.261 e. The van der Waals surface area contributed by atoms with Gasteiger partial charge in [0.1, 0.15) is 29.4 Å². The molecule has 2 aliphatic rings. The smallest absolute Gasteiger partial charge is 0.261 e. The predicted molar refractivity (Wildman–Crippen MR) is 141 cm³/mol. The molecule has 1 N–H and O–H groups in total. The third-order valence-electron chi connectivity index (χ3n) is 6.95. The summed E-state index contributed by atoms with van der Waals surface area (Å²) in [6.45, 7) is 5.88. The number of piperazine rings is 1. The maximum atomic E-state index is 13.2. The van der Waals surface area contributed by atoms with Crippen LogP contribution in [0.5, 0.6) is 17.2 Å². The number of methoxy groups -OCH3 is 2. The number of benzene rings is 2. The standard InChI is InChI=1S/C28H38N4O5/c1-30(20-22-10-11-26(33)29-22)19-21-6-4-7-23(18-21)37-17-16-31-12-14-32(15-13-31)28(34)27-24(35-2)8-5-9-25(27)36-3/h4-9,18,22H,10-17,19-20H2,1-3H3,(H,29,33)/t22-/m0/s1. The van der Waals surface area contributed by atoms with E-state index < -0.39 is 0 Å². The molecule has 0 bridgehead atoms. The molecule has 37 heavy (non-hydrogen) atoms. The minimum Gasteiger partial charge on any atom is -0.496 e. The fraction of sp³-hybridized carbons (Fsp3) is 0.500. The molecule has 0 unspecified atom stereocenters. The van der Waals surface area contributed by atoms with E-state index in [1.54, 1.807) is 26.4 Å². The number of hydrogen-bond acceptors (Lipinski definition) is 7. The van der Waals surface area contributed by atoms with Gasteiger partial charge in [-0.15, -0.1) is 0 Å². The number of hydrogen-bond donors (Lipinski definition) is 1. The number of carbonyl (C=O) groups excluding carboxylic acids is 2. The van der Waals surface area contributed by atoms with Crippen LogP contribution in [0.15, 0.2) is 42.5 Å². The minimum absolute atomic E-state index is 0.0673. The van der Waals surface area contributed by atoms with Crippen LogP contribution in [0.1, 0.15) is 28.8 Å². The van der Waals surface area contributed by atoms with Crippen molar-refractivity contribution in [3.8, 4) is 17.2 Å². The van der Waals surface area contributed by atoms with Crippen LogP contribution in [-0.4, -0.2) is 99.7 Å². The van der Waals surface area contributed by atoms with Gasteiger partial charge in [0.25, 0.3) is 5.91 Å². The Morgan fingerprint density at radius 3 is 2.41 bits per heavy atom. The summed E-state index contributed by atoms with van der Waals surface area (Å²) in [6, 6.07) is 13.8. The molecule has 2 fully saturated rings. The molecule has 9 heteroatoms. The van der Waals surface area contributed by atoms with Gasteiger partial charge >= 0.3 is 0 Å². The van der Waals surface area contributed by atoms with Crippen molar-refractivity contribution >= 4 is 11.8 Å². The van der Waals surface area contributed by atoms with E-state index in [2.05, 4.69) is 34.3 Å². The van der Waals surface area contributed by atoms with E-state index in [1.165, 1.54) is 5.56 Å². The number of ether oxygens (including phenoxy) is 3. The van der Waals surface area contributed by atoms with Crippen LogP contribution in [0.3, 0.4) is 0 Å². The Labute approximate surface area is 219 Å². The summed E-state index contributed by atoms with van der Waals surface area (Å²) in [6.07, 6.45) is 1.53. The molecule has 0 aliphatic carbocycles. The third kappa shape index (κ3) is 7.14. The Kier molecular flexibility index (Phi) is 9.24. The van der Waals surface area contributed by atoms with Crippen LogP contribution in [0.2, 0.25) is 0 Å². The van der Waals surface area contributed by atoms with Gasteiger partial charge in [0, 0.05) is 58.3 Å². The SMILES string of the molecule is COc1cccc(OC)c1C(=O)N1CCN(CCOc2cccc(CN(C)C[C@@H]3CCC(=O)N3)c2)CC1. The Morgan fingerprint density at radius 1 is 1.05 bits per heavy atom. The van der Waals surface area contributed by atoms with Gasteiger partial charge in [-0.05, 0) is 43.3 Å². The van der Waals surface area contributed by atoms with E-state index in [9.17, 15) is 9.59 Å². The molecule has 9 nitrogen and oxygen atoms in total. The number of rotatable bonds is 11. The maximum absolute atomic E-state index is 13.2. The molecule has 0 radical (unpaired) electrons. The molecule has 4 rings (SSSR count). The molecular weight excluding hydrogens is 472 g/mol. The van der Waals surface area contributed by atoms with Crippen molar-refractivity contribution in [2.75, 3.05) is 67.1 Å². The van der Waals surface area contributed by atoms with E-state index in [1.807, 2.05) is 23.1 Å². The summed E-state index contributed by atoms with van der Waals surface area (Å²) in [5, 5.41) is 3.03. The van der Waals surface area contributed by atoms with E-state index in [0.717, 1.165) is 44.9 Å². The lowest BCUT2D eigenvalue weighted by Crippen LogP contribution is -2.49. The van der Waals surface area contributed by atoms with Crippen LogP contribution in [0, 0.1) is 0 Å². The first-order valence-electron chi connectivity index (χ1n) is 12.9. The van der Waals surface area contributed by atoms with Crippen LogP contribution in [0.25, 0.3) is 0 Å². The van der Waals surface area contributed by atoms with Crippen LogP contribution in [-0.2, 0) is 11.3 Å². The Balaban J connectivity index is 1.21. The molecule has 2 heterocycles. The molecule has 2 aliphatic heterocycles. The van der Waals surface area contributed by atoms with Crippen molar-refractivity contribution in [3.05, 3.63) is 53.6 Å². The zero-order chi connectivity index (χ0) is 26.2. The molecule has 1 atom stereocenters. The molecule has 2 saturated heterocycles. The van der Waals surface area contributed by atoms with Crippen LogP contribution >= 0.6 is 0 Å². The normalized spacial score (nSPS) is 18.1. The molecule has 2 amide bonds. The van der Waals surface area contributed by atoms with Gasteiger partial charge in [0.2, 0.25) is 5.91 Å². The van der Waals surface area contributed by atoms with Crippen molar-refractivity contribution in [1.82, 2.24) is 20.0 Å². The first-order chi connectivity index (χ1) is 18.0. The number of nitrogens with one attached hydrogen (secondary N) is 1. The summed E-state index contributed by atoms with van der Waals surface area (Å²) >= 11 is 0. The second-order valence-corrected chi connectivity index (χ2v) is 9.67. The van der Waals surface area contributed by atoms with Gasteiger partial charge in [0.15, 0.2) is 0 Å². The molecule has 2 aromatic carbocycles. The molecule has 200 valence electrons. The van der Waals surface area contributed by atoms with Crippen molar-refractivity contribution in [2.45, 2.75) is 25.4 Å². The average molecular weight is 511 g/mol. The lowest BCUT2D eigenvalue weighted by Gasteiger charge is -2.35. The highest BCUT2D eigenvalue weighted by atomic mass is 16.5. The van der Waals surface area contributed by atoms with E-state index in [4.69, 9.17) is 14.2 Å². The fourth-order valence-electron chi connectivity index (χ4n) is 4.99. The molecule has 0 saturated carbocycles. The minimum atomic E-state index is -0.0673. The first kappa shape index (κ1) is 26.8. The van der Waals surface area contributed by atoms with E-state index in [0.29, 0.717) is 43.2 Å². The highest BCUT2D eigenvalue weighted by Gasteiger charge is 2.27. The van der Waals surface area contributed by atoms with E-state index in [-0.39, 0.29) is 17.9 Å². The van der Waals surface area contributed by atoms with E-state index >= 15 is 0 Å². The first-order valence-corrected chi connectivity index (χ1v) is 12.9. The Bertz CT molecular complexity index is 1050. The summed E-state index contributed by atoms with van der Waals surface area (Å²) in [5.74, 6) is 2.00.